The van der Waals surface area contributed by atoms with Gasteiger partial charge in [-0.2, -0.15) is 10.2 Å². The average Bonchev–Trinajstić information content (AvgIpc) is 2.49. The van der Waals surface area contributed by atoms with Gasteiger partial charge in [-0.05, 0) is 52.9 Å². The predicted molar refractivity (Wildman–Crippen MR) is 86.6 cm³/mol. The van der Waals surface area contributed by atoms with Crippen molar-refractivity contribution < 1.29 is 14.7 Å². The van der Waals surface area contributed by atoms with Gasteiger partial charge < -0.3 is 10.4 Å². The highest BCUT2D eigenvalue weighted by molar-refractivity contribution is 5.81. The van der Waals surface area contributed by atoms with Gasteiger partial charge in [0, 0.05) is 13.0 Å². The lowest BCUT2D eigenvalue weighted by atomic mass is 9.89. The van der Waals surface area contributed by atoms with Crippen LogP contribution in [0, 0.1) is 0 Å². The number of urea groups is 1. The lowest BCUT2D eigenvalue weighted by molar-refractivity contribution is -0.122. The Hall–Kier alpha value is -1.70. The first-order valence-corrected chi connectivity index (χ1v) is 8.18. The third kappa shape index (κ3) is 7.92. The first-order valence-electron chi connectivity index (χ1n) is 8.18. The van der Waals surface area contributed by atoms with Gasteiger partial charge in [-0.25, -0.2) is 10.2 Å². The molecule has 1 rings (SSSR count). The molecule has 1 saturated carbocycles. The molecule has 0 radical (unpaired) electrons. The smallest absolute Gasteiger partial charge is 0.335 e. The summed E-state index contributed by atoms with van der Waals surface area (Å²) in [5.41, 5.74) is 3.63. The Balaban J connectivity index is 2.58. The number of hydrogen-bond acceptors (Lipinski definition) is 5. The second-order valence-corrected chi connectivity index (χ2v) is 6.92. The quantitative estimate of drug-likeness (QED) is 0.457. The molecule has 8 heteroatoms. The zero-order valence-electron chi connectivity index (χ0n) is 14.3. The topological polar surface area (TPSA) is 115 Å². The van der Waals surface area contributed by atoms with Crippen molar-refractivity contribution in [1.82, 2.24) is 16.2 Å². The van der Waals surface area contributed by atoms with E-state index in [-0.39, 0.29) is 24.5 Å². The number of aliphatic hydroxyl groups is 1. The number of carbonyl (C=O) groups is 2. The van der Waals surface area contributed by atoms with Crippen LogP contribution in [0.15, 0.2) is 10.2 Å². The van der Waals surface area contributed by atoms with Gasteiger partial charge in [0.15, 0.2) is 5.66 Å². The maximum atomic E-state index is 12.0. The van der Waals surface area contributed by atoms with Crippen molar-refractivity contribution in [2.24, 2.45) is 10.2 Å². The van der Waals surface area contributed by atoms with E-state index in [0.717, 1.165) is 32.1 Å². The summed E-state index contributed by atoms with van der Waals surface area (Å²) in [4.78, 5) is 23.5. The molecule has 0 spiro atoms. The molecule has 1 aliphatic rings. The summed E-state index contributed by atoms with van der Waals surface area (Å²) in [5.74, 6) is -0.344. The summed E-state index contributed by atoms with van der Waals surface area (Å²) < 4.78 is 0. The number of rotatable bonds is 5. The van der Waals surface area contributed by atoms with Crippen LogP contribution in [0.1, 0.15) is 65.7 Å². The Kier molecular flexibility index (Phi) is 7.41. The highest BCUT2D eigenvalue weighted by Crippen LogP contribution is 2.30. The normalized spacial score (nSPS) is 17.7. The largest absolute Gasteiger partial charge is 0.396 e. The van der Waals surface area contributed by atoms with Crippen molar-refractivity contribution in [3.05, 3.63) is 0 Å². The number of azo groups is 1. The molecule has 3 amide bonds. The summed E-state index contributed by atoms with van der Waals surface area (Å²) in [5, 5.41) is 20.2. The summed E-state index contributed by atoms with van der Waals surface area (Å²) in [6.45, 7) is 5.80. The first kappa shape index (κ1) is 19.3. The van der Waals surface area contributed by atoms with Crippen molar-refractivity contribution in [3.63, 3.8) is 0 Å². The van der Waals surface area contributed by atoms with Gasteiger partial charge in [0.05, 0.1) is 5.54 Å². The van der Waals surface area contributed by atoms with Crippen LogP contribution in [0.4, 0.5) is 4.79 Å². The van der Waals surface area contributed by atoms with Crippen LogP contribution < -0.4 is 16.2 Å². The molecule has 8 nitrogen and oxygen atoms in total. The van der Waals surface area contributed by atoms with E-state index in [1.54, 1.807) is 0 Å². The van der Waals surface area contributed by atoms with E-state index < -0.39 is 11.7 Å². The zero-order chi connectivity index (χ0) is 17.3. The van der Waals surface area contributed by atoms with Crippen molar-refractivity contribution in [2.45, 2.75) is 76.9 Å². The molecule has 132 valence electrons. The Labute approximate surface area is 137 Å². The van der Waals surface area contributed by atoms with Gasteiger partial charge in [-0.1, -0.05) is 6.42 Å². The van der Waals surface area contributed by atoms with Gasteiger partial charge in [0.1, 0.15) is 0 Å². The number of hydrogen-bond donors (Lipinski definition) is 4. The van der Waals surface area contributed by atoms with E-state index in [2.05, 4.69) is 26.4 Å². The van der Waals surface area contributed by atoms with E-state index >= 15 is 0 Å². The van der Waals surface area contributed by atoms with E-state index in [0.29, 0.717) is 6.42 Å². The summed E-state index contributed by atoms with van der Waals surface area (Å²) >= 11 is 0. The van der Waals surface area contributed by atoms with Crippen LogP contribution in [0.5, 0.6) is 0 Å². The van der Waals surface area contributed by atoms with Crippen molar-refractivity contribution in [1.29, 1.82) is 0 Å². The average molecular weight is 327 g/mol. The molecule has 0 aromatic carbocycles. The number of nitrogens with one attached hydrogen (secondary N) is 3. The Bertz CT molecular complexity index is 425. The van der Waals surface area contributed by atoms with Crippen LogP contribution in [-0.4, -0.2) is 34.9 Å². The summed E-state index contributed by atoms with van der Waals surface area (Å²) in [7, 11) is 0. The highest BCUT2D eigenvalue weighted by atomic mass is 16.3. The third-order valence-corrected chi connectivity index (χ3v) is 3.45. The Morgan fingerprint density at radius 3 is 2.35 bits per heavy atom. The van der Waals surface area contributed by atoms with Crippen molar-refractivity contribution in [2.75, 3.05) is 6.61 Å². The maximum Gasteiger partial charge on any atom is 0.335 e. The zero-order valence-corrected chi connectivity index (χ0v) is 14.3. The number of hydrazine groups is 1. The molecule has 0 saturated heterocycles. The number of aliphatic hydroxyl groups excluding tert-OH is 1. The van der Waals surface area contributed by atoms with E-state index in [4.69, 9.17) is 5.11 Å². The Morgan fingerprint density at radius 1 is 1.13 bits per heavy atom. The molecule has 0 aliphatic heterocycles. The maximum absolute atomic E-state index is 12.0. The minimum absolute atomic E-state index is 0.0596. The highest BCUT2D eigenvalue weighted by Gasteiger charge is 2.34. The molecule has 1 fully saturated rings. The molecule has 0 unspecified atom stereocenters. The lowest BCUT2D eigenvalue weighted by Gasteiger charge is -2.34. The minimum atomic E-state index is -0.703. The molecule has 0 bridgehead atoms. The van der Waals surface area contributed by atoms with Gasteiger partial charge in [-0.3, -0.25) is 10.2 Å². The van der Waals surface area contributed by atoms with Crippen LogP contribution in [0.3, 0.4) is 0 Å². The van der Waals surface area contributed by atoms with E-state index in [1.165, 1.54) is 0 Å². The molecular formula is C15H29N5O3. The lowest BCUT2D eigenvalue weighted by Crippen LogP contribution is -2.55. The van der Waals surface area contributed by atoms with E-state index in [1.807, 2.05) is 20.8 Å². The van der Waals surface area contributed by atoms with Crippen LogP contribution in [0.2, 0.25) is 0 Å². The fourth-order valence-corrected chi connectivity index (χ4v) is 2.30. The van der Waals surface area contributed by atoms with Crippen LogP contribution >= 0.6 is 0 Å². The SMILES string of the molecule is CC(C)(C)N=NC1(NC(=O)NNC(=O)CCCO)CCCCC1. The minimum Gasteiger partial charge on any atom is -0.396 e. The Morgan fingerprint density at radius 2 is 1.78 bits per heavy atom. The summed E-state index contributed by atoms with van der Waals surface area (Å²) in [6.07, 6.45) is 5.06. The number of carbonyl (C=O) groups excluding carboxylic acids is 2. The molecule has 0 heterocycles. The number of amides is 3. The van der Waals surface area contributed by atoms with Crippen LogP contribution in [-0.2, 0) is 4.79 Å². The fraction of sp³-hybridized carbons (Fsp3) is 0.867. The van der Waals surface area contributed by atoms with Gasteiger partial charge in [0.2, 0.25) is 5.91 Å². The second kappa shape index (κ2) is 8.81. The second-order valence-electron chi connectivity index (χ2n) is 6.92. The monoisotopic (exact) mass is 327 g/mol. The fourth-order valence-electron chi connectivity index (χ4n) is 2.30. The molecule has 0 atom stereocenters. The third-order valence-electron chi connectivity index (χ3n) is 3.45. The molecule has 1 aliphatic carbocycles. The predicted octanol–water partition coefficient (Wildman–Crippen LogP) is 2.00. The molecule has 0 aromatic rings. The van der Waals surface area contributed by atoms with Gasteiger partial charge >= 0.3 is 6.03 Å². The van der Waals surface area contributed by atoms with Crippen molar-refractivity contribution >= 4 is 11.9 Å². The van der Waals surface area contributed by atoms with Gasteiger partial charge in [0.25, 0.3) is 0 Å². The molecule has 0 aromatic heterocycles. The van der Waals surface area contributed by atoms with Gasteiger partial charge in [-0.15, -0.1) is 0 Å². The molecule has 23 heavy (non-hydrogen) atoms. The molecular weight excluding hydrogens is 298 g/mol. The van der Waals surface area contributed by atoms with Crippen molar-refractivity contribution in [3.8, 4) is 0 Å². The van der Waals surface area contributed by atoms with E-state index in [9.17, 15) is 9.59 Å². The standard InChI is InChI=1S/C15H29N5O3/c1-14(2,3)19-20-15(9-5-4-6-10-15)16-13(23)18-17-12(22)8-7-11-21/h21H,4-11H2,1-3H3,(H,17,22)(H2,16,18,23). The first-order chi connectivity index (χ1) is 10.8. The van der Waals surface area contributed by atoms with Crippen LogP contribution in [0.25, 0.3) is 0 Å². The molecule has 4 N–H and O–H groups in total. The number of nitrogens with zero attached hydrogens (tertiary/aromatic N) is 2. The summed E-state index contributed by atoms with van der Waals surface area (Å²) in [6, 6.07) is -0.503.